The molecule has 0 spiro atoms. The van der Waals surface area contributed by atoms with Gasteiger partial charge >= 0.3 is 0 Å². The van der Waals surface area contributed by atoms with Gasteiger partial charge in [-0.25, -0.2) is 19.9 Å². The first kappa shape index (κ1) is 30.2. The minimum absolute atomic E-state index is 0.589. The van der Waals surface area contributed by atoms with Crippen molar-refractivity contribution in [2.45, 2.75) is 0 Å². The Kier molecular flexibility index (Phi) is 6.75. The molecule has 4 aromatic heterocycles. The van der Waals surface area contributed by atoms with Crippen LogP contribution >= 0.6 is 0 Å². The molecule has 0 aliphatic carbocycles. The SMILES string of the molecule is c1ccc(-c2nc(-c3ccccc3)nc(-c3ccnc(-n4c5ccccc5c5cc6c7ccccc7n(-c7ccc8ccccc8c7)c6cc54)c3)n2)cc1. The van der Waals surface area contributed by atoms with Crippen LogP contribution in [0.25, 0.3) is 100 Å². The Balaban J connectivity index is 1.15. The molecule has 0 bridgehead atoms. The smallest absolute Gasteiger partial charge is 0.164 e. The van der Waals surface area contributed by atoms with Crippen molar-refractivity contribution in [1.29, 1.82) is 0 Å². The lowest BCUT2D eigenvalue weighted by atomic mass is 10.1. The van der Waals surface area contributed by atoms with Crippen LogP contribution in [0.4, 0.5) is 0 Å². The Morgan fingerprint density at radius 3 is 1.54 bits per heavy atom. The molecule has 252 valence electrons. The fraction of sp³-hybridized carbons (Fsp3) is 0. The molecule has 0 saturated heterocycles. The fourth-order valence-corrected chi connectivity index (χ4v) is 7.89. The molecule has 0 N–H and O–H groups in total. The quantitative estimate of drug-likeness (QED) is 0.180. The normalized spacial score (nSPS) is 11.7. The van der Waals surface area contributed by atoms with E-state index in [0.29, 0.717) is 17.5 Å². The zero-order chi connectivity index (χ0) is 35.6. The minimum atomic E-state index is 0.589. The number of para-hydroxylation sites is 2. The van der Waals surface area contributed by atoms with Crippen molar-refractivity contribution in [2.75, 3.05) is 0 Å². The van der Waals surface area contributed by atoms with Crippen molar-refractivity contribution in [3.63, 3.8) is 0 Å². The zero-order valence-corrected chi connectivity index (χ0v) is 29.0. The van der Waals surface area contributed by atoms with Gasteiger partial charge in [-0.05, 0) is 59.3 Å². The molecule has 54 heavy (non-hydrogen) atoms. The Labute approximate surface area is 310 Å². The summed E-state index contributed by atoms with van der Waals surface area (Å²) in [5.74, 6) is 2.62. The Bertz CT molecular complexity index is 3160. The molecule has 0 atom stereocenters. The van der Waals surface area contributed by atoms with E-state index in [2.05, 4.69) is 118 Å². The standard InChI is InChI=1S/C48H30N6/c1-3-14-32(15-4-1)46-50-47(33-16-5-2-6-17-33)52-48(51-46)35-25-26-49-45(28-35)54-42-22-12-10-20-38(42)40-29-39-37-19-9-11-21-41(37)53(43(39)30-44(40)54)36-24-23-31-13-7-8-18-34(31)27-36/h1-30H. The summed E-state index contributed by atoms with van der Waals surface area (Å²) in [5, 5.41) is 7.20. The Morgan fingerprint density at radius 2 is 0.870 bits per heavy atom. The number of hydrogen-bond acceptors (Lipinski definition) is 4. The van der Waals surface area contributed by atoms with Gasteiger partial charge in [-0.2, -0.15) is 0 Å². The summed E-state index contributed by atoms with van der Waals surface area (Å²) >= 11 is 0. The van der Waals surface area contributed by atoms with Gasteiger partial charge < -0.3 is 4.57 Å². The third-order valence-electron chi connectivity index (χ3n) is 10.4. The molecule has 0 radical (unpaired) electrons. The Hall–Kier alpha value is -7.44. The summed E-state index contributed by atoms with van der Waals surface area (Å²) in [4.78, 5) is 19.9. The van der Waals surface area contributed by atoms with E-state index in [0.717, 1.165) is 44.7 Å². The van der Waals surface area contributed by atoms with Gasteiger partial charge in [0.25, 0.3) is 0 Å². The van der Waals surface area contributed by atoms with E-state index in [1.54, 1.807) is 0 Å². The van der Waals surface area contributed by atoms with E-state index in [1.165, 1.54) is 37.8 Å². The van der Waals surface area contributed by atoms with Crippen LogP contribution < -0.4 is 0 Å². The van der Waals surface area contributed by atoms with Crippen LogP contribution in [0.2, 0.25) is 0 Å². The van der Waals surface area contributed by atoms with E-state index >= 15 is 0 Å². The molecular weight excluding hydrogens is 661 g/mol. The molecule has 4 heterocycles. The molecule has 0 aliphatic rings. The molecule has 0 saturated carbocycles. The van der Waals surface area contributed by atoms with Crippen LogP contribution in [-0.4, -0.2) is 29.1 Å². The first-order valence-electron chi connectivity index (χ1n) is 18.1. The molecule has 11 rings (SSSR count). The maximum Gasteiger partial charge on any atom is 0.164 e. The maximum atomic E-state index is 5.02. The second kappa shape index (κ2) is 12.1. The van der Waals surface area contributed by atoms with Crippen LogP contribution in [0.3, 0.4) is 0 Å². The Morgan fingerprint density at radius 1 is 0.333 bits per heavy atom. The van der Waals surface area contributed by atoms with Gasteiger partial charge in [0.1, 0.15) is 5.82 Å². The van der Waals surface area contributed by atoms with Crippen molar-refractivity contribution in [3.05, 3.63) is 182 Å². The molecule has 7 aromatic carbocycles. The van der Waals surface area contributed by atoms with Gasteiger partial charge in [0.15, 0.2) is 17.5 Å². The van der Waals surface area contributed by atoms with Gasteiger partial charge in [0.2, 0.25) is 0 Å². The van der Waals surface area contributed by atoms with Crippen molar-refractivity contribution >= 4 is 54.4 Å². The topological polar surface area (TPSA) is 61.4 Å². The van der Waals surface area contributed by atoms with Crippen LogP contribution in [0.15, 0.2) is 182 Å². The van der Waals surface area contributed by atoms with Crippen LogP contribution in [0.5, 0.6) is 0 Å². The molecule has 0 fully saturated rings. The second-order valence-electron chi connectivity index (χ2n) is 13.6. The van der Waals surface area contributed by atoms with Crippen LogP contribution in [-0.2, 0) is 0 Å². The maximum absolute atomic E-state index is 5.02. The number of rotatable bonds is 5. The summed E-state index contributed by atoms with van der Waals surface area (Å²) in [6.45, 7) is 0. The largest absolute Gasteiger partial charge is 0.309 e. The highest BCUT2D eigenvalue weighted by atomic mass is 15.1. The van der Waals surface area contributed by atoms with Crippen molar-refractivity contribution in [3.8, 4) is 45.7 Å². The monoisotopic (exact) mass is 690 g/mol. The molecular formula is C48H30N6. The first-order valence-corrected chi connectivity index (χ1v) is 18.1. The summed E-state index contributed by atoms with van der Waals surface area (Å²) in [7, 11) is 0. The van der Waals surface area contributed by atoms with Crippen molar-refractivity contribution in [1.82, 2.24) is 29.1 Å². The lowest BCUT2D eigenvalue weighted by molar-refractivity contribution is 1.05. The highest BCUT2D eigenvalue weighted by molar-refractivity contribution is 6.19. The minimum Gasteiger partial charge on any atom is -0.309 e. The second-order valence-corrected chi connectivity index (χ2v) is 13.6. The molecule has 0 amide bonds. The molecule has 11 aromatic rings. The molecule has 6 nitrogen and oxygen atoms in total. The van der Waals surface area contributed by atoms with E-state index in [9.17, 15) is 0 Å². The highest BCUT2D eigenvalue weighted by Crippen LogP contribution is 2.40. The van der Waals surface area contributed by atoms with Crippen LogP contribution in [0.1, 0.15) is 0 Å². The van der Waals surface area contributed by atoms with E-state index in [4.69, 9.17) is 19.9 Å². The first-order chi connectivity index (χ1) is 26.8. The van der Waals surface area contributed by atoms with E-state index in [-0.39, 0.29) is 0 Å². The predicted octanol–water partition coefficient (Wildman–Crippen LogP) is 11.6. The van der Waals surface area contributed by atoms with E-state index < -0.39 is 0 Å². The number of benzene rings is 7. The highest BCUT2D eigenvalue weighted by Gasteiger charge is 2.20. The number of pyridine rings is 1. The van der Waals surface area contributed by atoms with Gasteiger partial charge in [0.05, 0.1) is 22.1 Å². The number of hydrogen-bond donors (Lipinski definition) is 0. The number of fused-ring (bicyclic) bond motifs is 7. The van der Waals surface area contributed by atoms with Crippen LogP contribution in [0, 0.1) is 0 Å². The third-order valence-corrected chi connectivity index (χ3v) is 10.4. The van der Waals surface area contributed by atoms with E-state index in [1.807, 2.05) is 72.9 Å². The lowest BCUT2D eigenvalue weighted by Crippen LogP contribution is -2.02. The number of nitrogens with zero attached hydrogens (tertiary/aromatic N) is 6. The van der Waals surface area contributed by atoms with Crippen molar-refractivity contribution < 1.29 is 0 Å². The molecule has 0 aliphatic heterocycles. The molecule has 6 heteroatoms. The van der Waals surface area contributed by atoms with Gasteiger partial charge in [-0.1, -0.05) is 127 Å². The summed E-state index contributed by atoms with van der Waals surface area (Å²) in [6.07, 6.45) is 1.85. The summed E-state index contributed by atoms with van der Waals surface area (Å²) < 4.78 is 4.66. The number of aromatic nitrogens is 6. The van der Waals surface area contributed by atoms with Crippen molar-refractivity contribution in [2.24, 2.45) is 0 Å². The summed E-state index contributed by atoms with van der Waals surface area (Å²) in [5.41, 5.74) is 8.30. The average molecular weight is 691 g/mol. The lowest BCUT2D eigenvalue weighted by Gasteiger charge is -2.12. The predicted molar refractivity (Wildman–Crippen MR) is 220 cm³/mol. The average Bonchev–Trinajstić information content (AvgIpc) is 3.75. The third kappa shape index (κ3) is 4.81. The van der Waals surface area contributed by atoms with Gasteiger partial charge in [-0.15, -0.1) is 0 Å². The van der Waals surface area contributed by atoms with Gasteiger partial charge in [0, 0.05) is 50.1 Å². The van der Waals surface area contributed by atoms with Gasteiger partial charge in [-0.3, -0.25) is 4.57 Å². The summed E-state index contributed by atoms with van der Waals surface area (Å²) in [6, 6.07) is 61.4. The fourth-order valence-electron chi connectivity index (χ4n) is 7.89. The molecule has 0 unspecified atom stereocenters. The zero-order valence-electron chi connectivity index (χ0n) is 29.0.